The maximum absolute atomic E-state index is 11.3. The molecule has 0 aliphatic carbocycles. The third-order valence-corrected chi connectivity index (χ3v) is 6.28. The lowest BCUT2D eigenvalue weighted by Gasteiger charge is -2.27. The molecule has 1 aliphatic rings. The molecule has 0 radical (unpaired) electrons. The van der Waals surface area contributed by atoms with Crippen molar-refractivity contribution in [3.05, 3.63) is 100 Å². The second kappa shape index (κ2) is 7.03. The first kappa shape index (κ1) is 17.9. The zero-order chi connectivity index (χ0) is 20.0. The van der Waals surface area contributed by atoms with Crippen molar-refractivity contribution in [3.8, 4) is 0 Å². The first-order chi connectivity index (χ1) is 14.1. The number of rotatable bonds is 3. The first-order valence-corrected chi connectivity index (χ1v) is 10.3. The molecule has 0 spiro atoms. The zero-order valence-corrected chi connectivity index (χ0v) is 16.8. The molecule has 142 valence electrons. The van der Waals surface area contributed by atoms with Gasteiger partial charge in [0, 0.05) is 10.7 Å². The Morgan fingerprint density at radius 3 is 2.34 bits per heavy atom. The quantitative estimate of drug-likeness (QED) is 0.402. The highest BCUT2D eigenvalue weighted by atomic mass is 35.5. The number of aliphatic hydroxyl groups excluding tert-OH is 1. The van der Waals surface area contributed by atoms with E-state index in [1.807, 2.05) is 71.6 Å². The van der Waals surface area contributed by atoms with Gasteiger partial charge in [0.2, 0.25) is 0 Å². The fourth-order valence-electron chi connectivity index (χ4n) is 3.64. The van der Waals surface area contributed by atoms with E-state index >= 15 is 0 Å². The average Bonchev–Trinajstić information content (AvgIpc) is 3.27. The van der Waals surface area contributed by atoms with Gasteiger partial charge in [0.1, 0.15) is 22.6 Å². The Hall–Kier alpha value is -3.15. The molecule has 0 saturated heterocycles. The molecule has 1 aromatic heterocycles. The van der Waals surface area contributed by atoms with E-state index in [9.17, 15) is 5.11 Å². The van der Waals surface area contributed by atoms with Crippen molar-refractivity contribution in [1.29, 1.82) is 5.41 Å². The number of nitrogens with one attached hydrogen (secondary N) is 1. The van der Waals surface area contributed by atoms with Gasteiger partial charge in [-0.25, -0.2) is 4.98 Å². The Morgan fingerprint density at radius 1 is 0.931 bits per heavy atom. The van der Waals surface area contributed by atoms with Gasteiger partial charge in [-0.3, -0.25) is 5.41 Å². The predicted octanol–water partition coefficient (Wildman–Crippen LogP) is 6.46. The molecule has 0 unspecified atom stereocenters. The Morgan fingerprint density at radius 2 is 1.62 bits per heavy atom. The summed E-state index contributed by atoms with van der Waals surface area (Å²) in [6.07, 6.45) is 0. The molecule has 6 heteroatoms. The van der Waals surface area contributed by atoms with E-state index in [-0.39, 0.29) is 11.6 Å². The van der Waals surface area contributed by atoms with Crippen molar-refractivity contribution in [2.24, 2.45) is 0 Å². The summed E-state index contributed by atoms with van der Waals surface area (Å²) < 4.78 is 1.02. The van der Waals surface area contributed by atoms with Crippen molar-refractivity contribution in [2.75, 3.05) is 4.90 Å². The Bertz CT molecular complexity index is 1220. The van der Waals surface area contributed by atoms with Crippen LogP contribution in [0.25, 0.3) is 15.8 Å². The van der Waals surface area contributed by atoms with Gasteiger partial charge in [-0.15, -0.1) is 11.3 Å². The van der Waals surface area contributed by atoms with Crippen LogP contribution >= 0.6 is 22.9 Å². The van der Waals surface area contributed by atoms with Crippen LogP contribution in [0.5, 0.6) is 0 Å². The predicted molar refractivity (Wildman–Crippen MR) is 120 cm³/mol. The van der Waals surface area contributed by atoms with Crippen LogP contribution in [-0.2, 0) is 0 Å². The van der Waals surface area contributed by atoms with Gasteiger partial charge >= 0.3 is 0 Å². The maximum Gasteiger partial charge on any atom is 0.140 e. The molecule has 1 aliphatic heterocycles. The van der Waals surface area contributed by atoms with Crippen LogP contribution in [0.4, 0.5) is 5.69 Å². The molecular weight excluding hydrogens is 402 g/mol. The summed E-state index contributed by atoms with van der Waals surface area (Å²) in [5.41, 5.74) is 3.02. The lowest BCUT2D eigenvalue weighted by Crippen LogP contribution is -2.29. The van der Waals surface area contributed by atoms with Crippen molar-refractivity contribution in [2.45, 2.75) is 6.04 Å². The molecule has 4 aromatic rings. The highest BCUT2D eigenvalue weighted by Crippen LogP contribution is 2.44. The van der Waals surface area contributed by atoms with E-state index < -0.39 is 6.04 Å². The van der Waals surface area contributed by atoms with Gasteiger partial charge in [-0.2, -0.15) is 0 Å². The van der Waals surface area contributed by atoms with E-state index in [2.05, 4.69) is 4.98 Å². The number of fused-ring (bicyclic) bond motifs is 1. The SMILES string of the molecule is N=C1C(c2nc3ccccc3s2)=C(O)[C@H](c2ccccc2)N1c1ccc(Cl)cc1. The van der Waals surface area contributed by atoms with Gasteiger partial charge in [-0.1, -0.05) is 54.1 Å². The van der Waals surface area contributed by atoms with Crippen molar-refractivity contribution in [3.63, 3.8) is 0 Å². The monoisotopic (exact) mass is 417 g/mol. The van der Waals surface area contributed by atoms with Gasteiger partial charge in [0.15, 0.2) is 0 Å². The smallest absolute Gasteiger partial charge is 0.140 e. The maximum atomic E-state index is 11.3. The molecular formula is C23H16ClN3OS. The van der Waals surface area contributed by atoms with Crippen LogP contribution in [0.1, 0.15) is 16.6 Å². The van der Waals surface area contributed by atoms with Crippen molar-refractivity contribution >= 4 is 50.3 Å². The second-order valence-corrected chi connectivity index (χ2v) is 8.22. The van der Waals surface area contributed by atoms with E-state index in [1.165, 1.54) is 11.3 Å². The van der Waals surface area contributed by atoms with Crippen LogP contribution in [0.2, 0.25) is 5.02 Å². The summed E-state index contributed by atoms with van der Waals surface area (Å²) in [4.78, 5) is 6.50. The number of hydrogen-bond donors (Lipinski definition) is 2. The highest BCUT2D eigenvalue weighted by molar-refractivity contribution is 7.19. The normalized spacial score (nSPS) is 16.8. The lowest BCUT2D eigenvalue weighted by molar-refractivity contribution is 0.379. The third-order valence-electron chi connectivity index (χ3n) is 4.98. The van der Waals surface area contributed by atoms with Crippen LogP contribution in [-0.4, -0.2) is 15.9 Å². The van der Waals surface area contributed by atoms with Crippen LogP contribution in [0.3, 0.4) is 0 Å². The number of para-hydroxylation sites is 1. The molecule has 0 saturated carbocycles. The number of benzene rings is 3. The van der Waals surface area contributed by atoms with Crippen molar-refractivity contribution in [1.82, 2.24) is 4.98 Å². The number of halogens is 1. The summed E-state index contributed by atoms with van der Waals surface area (Å²) in [6, 6.07) is 24.4. The van der Waals surface area contributed by atoms with Gasteiger partial charge in [0.05, 0.1) is 15.8 Å². The second-order valence-electron chi connectivity index (χ2n) is 6.76. The average molecular weight is 418 g/mol. The molecule has 29 heavy (non-hydrogen) atoms. The van der Waals surface area contributed by atoms with E-state index in [0.717, 1.165) is 21.5 Å². The lowest BCUT2D eigenvalue weighted by atomic mass is 10.0. The number of aromatic nitrogens is 1. The molecule has 2 N–H and O–H groups in total. The molecule has 1 atom stereocenters. The number of hydrogen-bond acceptors (Lipinski definition) is 4. The Kier molecular flexibility index (Phi) is 4.34. The largest absolute Gasteiger partial charge is 0.509 e. The fraction of sp³-hybridized carbons (Fsp3) is 0.0435. The Balaban J connectivity index is 1.69. The fourth-order valence-corrected chi connectivity index (χ4v) is 4.79. The van der Waals surface area contributed by atoms with Crippen LogP contribution < -0.4 is 4.90 Å². The first-order valence-electron chi connectivity index (χ1n) is 9.11. The molecule has 4 nitrogen and oxygen atoms in total. The minimum absolute atomic E-state index is 0.134. The summed E-state index contributed by atoms with van der Waals surface area (Å²) >= 11 is 7.55. The van der Waals surface area contributed by atoms with Crippen molar-refractivity contribution < 1.29 is 5.11 Å². The summed E-state index contributed by atoms with van der Waals surface area (Å²) in [5, 5.41) is 21.5. The van der Waals surface area contributed by atoms with Gasteiger partial charge in [0.25, 0.3) is 0 Å². The number of aliphatic hydroxyl groups is 1. The zero-order valence-electron chi connectivity index (χ0n) is 15.2. The third kappa shape index (κ3) is 2.99. The molecule has 0 fully saturated rings. The number of amidine groups is 1. The molecule has 5 rings (SSSR count). The molecule has 3 aromatic carbocycles. The highest BCUT2D eigenvalue weighted by Gasteiger charge is 2.40. The molecule has 2 heterocycles. The van der Waals surface area contributed by atoms with Gasteiger partial charge < -0.3 is 10.0 Å². The minimum Gasteiger partial charge on any atom is -0.509 e. The van der Waals surface area contributed by atoms with E-state index in [4.69, 9.17) is 17.0 Å². The topological polar surface area (TPSA) is 60.2 Å². The molecule has 0 amide bonds. The number of thiazole rings is 1. The summed E-state index contributed by atoms with van der Waals surface area (Å²) in [5.74, 6) is 0.355. The van der Waals surface area contributed by atoms with E-state index in [0.29, 0.717) is 15.6 Å². The number of nitrogens with zero attached hydrogens (tertiary/aromatic N) is 2. The summed E-state index contributed by atoms with van der Waals surface area (Å²) in [7, 11) is 0. The molecule has 0 bridgehead atoms. The summed E-state index contributed by atoms with van der Waals surface area (Å²) in [6.45, 7) is 0. The minimum atomic E-state index is -0.494. The standard InChI is InChI=1S/C23H16ClN3OS/c24-15-10-12-16(13-11-15)27-20(14-6-2-1-3-7-14)21(28)19(22(27)25)23-26-17-8-4-5-9-18(17)29-23/h1-13,20,25,28H/t20-/m0/s1. The van der Waals surface area contributed by atoms with Gasteiger partial charge in [-0.05, 0) is 42.0 Å². The Labute approximate surface area is 176 Å². The number of anilines is 1. The van der Waals surface area contributed by atoms with Crippen LogP contribution in [0.15, 0.2) is 84.6 Å². The van der Waals surface area contributed by atoms with E-state index in [1.54, 1.807) is 12.1 Å². The van der Waals surface area contributed by atoms with Crippen LogP contribution in [0, 0.1) is 5.41 Å².